The Morgan fingerprint density at radius 3 is 2.26 bits per heavy atom. The first-order valence-electron chi connectivity index (χ1n) is 13.9. The molecule has 0 aliphatic carbocycles. The van der Waals surface area contributed by atoms with Gasteiger partial charge in [-0.15, -0.1) is 0 Å². The van der Waals surface area contributed by atoms with Gasteiger partial charge >= 0.3 is 0 Å². The minimum atomic E-state index is -1.06. The Morgan fingerprint density at radius 2 is 1.72 bits per heavy atom. The number of carbonyl (C=O) groups excluding carboxylic acids is 4. The van der Waals surface area contributed by atoms with Gasteiger partial charge in [-0.2, -0.15) is 0 Å². The van der Waals surface area contributed by atoms with Crippen LogP contribution in [0.1, 0.15) is 84.8 Å². The molecule has 1 aromatic carbocycles. The van der Waals surface area contributed by atoms with Crippen LogP contribution in [0.3, 0.4) is 0 Å². The van der Waals surface area contributed by atoms with Gasteiger partial charge < -0.3 is 16.0 Å². The fraction of sp³-hybridized carbons (Fsp3) is 0.655. The van der Waals surface area contributed by atoms with Gasteiger partial charge in [-0.25, -0.2) is 4.21 Å². The lowest BCUT2D eigenvalue weighted by Crippen LogP contribution is -2.56. The van der Waals surface area contributed by atoms with Crippen molar-refractivity contribution in [1.82, 2.24) is 16.0 Å². The fourth-order valence-electron chi connectivity index (χ4n) is 4.39. The molecule has 1 aliphatic heterocycles. The molecule has 1 saturated heterocycles. The number of ketones is 1. The van der Waals surface area contributed by atoms with Crippen LogP contribution in [0.15, 0.2) is 24.3 Å². The zero-order valence-electron chi connectivity index (χ0n) is 24.1. The molecule has 0 bridgehead atoms. The topological polar surface area (TPSA) is 121 Å². The standard InChI is InChI=1S/C29H45N3O5S2/c1-7-30-28(36)26(34)23(18-20-12-14-21(15-13-20)29(4,5)6)31-27(35)25(19(2)3)32-24(33)11-9-8-10-22-16-17-38-39(22)37/h12-15,19,22-23,25H,7-11,16-18H2,1-6H3,(H,30,36)(H,31,35)(H,32,33)/t22?,23-,25-,39?/m0/s1. The zero-order chi connectivity index (χ0) is 29.2. The van der Waals surface area contributed by atoms with E-state index in [0.717, 1.165) is 36.1 Å². The average molecular weight is 580 g/mol. The third kappa shape index (κ3) is 10.7. The Labute approximate surface area is 239 Å². The monoisotopic (exact) mass is 579 g/mol. The van der Waals surface area contributed by atoms with Crippen LogP contribution in [0.5, 0.6) is 0 Å². The molecule has 2 unspecified atom stereocenters. The van der Waals surface area contributed by atoms with Crippen molar-refractivity contribution >= 4 is 44.1 Å². The molecule has 1 aliphatic rings. The first kappa shape index (κ1) is 33.0. The van der Waals surface area contributed by atoms with E-state index in [1.54, 1.807) is 6.92 Å². The molecular formula is C29H45N3O5S2. The molecule has 4 atom stereocenters. The second-order valence-corrected chi connectivity index (χ2v) is 15.0. The maximum atomic E-state index is 13.3. The van der Waals surface area contributed by atoms with E-state index in [4.69, 9.17) is 0 Å². The predicted molar refractivity (Wildman–Crippen MR) is 159 cm³/mol. The number of carbonyl (C=O) groups is 4. The summed E-state index contributed by atoms with van der Waals surface area (Å²) in [6.45, 7) is 12.0. The van der Waals surface area contributed by atoms with E-state index < -0.39 is 39.5 Å². The highest BCUT2D eigenvalue weighted by atomic mass is 33.1. The van der Waals surface area contributed by atoms with E-state index in [-0.39, 0.29) is 35.3 Å². The molecule has 8 nitrogen and oxygen atoms in total. The quantitative estimate of drug-likeness (QED) is 0.176. The molecule has 1 aromatic rings. The van der Waals surface area contributed by atoms with Gasteiger partial charge in [0.25, 0.3) is 5.91 Å². The van der Waals surface area contributed by atoms with Crippen molar-refractivity contribution < 1.29 is 23.4 Å². The lowest BCUT2D eigenvalue weighted by molar-refractivity contribution is -0.140. The Kier molecular flexibility index (Phi) is 13.2. The molecule has 0 saturated carbocycles. The van der Waals surface area contributed by atoms with Crippen LogP contribution >= 0.6 is 10.8 Å². The molecular weight excluding hydrogens is 534 g/mol. The van der Waals surface area contributed by atoms with Gasteiger partial charge in [0.05, 0.1) is 9.83 Å². The number of amides is 3. The van der Waals surface area contributed by atoms with E-state index >= 15 is 0 Å². The van der Waals surface area contributed by atoms with Crippen LogP contribution in [-0.2, 0) is 40.8 Å². The number of rotatable bonds is 14. The van der Waals surface area contributed by atoms with Gasteiger partial charge in [0.2, 0.25) is 17.6 Å². The Balaban J connectivity index is 2.04. The molecule has 0 radical (unpaired) electrons. The number of hydrogen-bond donors (Lipinski definition) is 3. The Bertz CT molecular complexity index is 1020. The highest BCUT2D eigenvalue weighted by Crippen LogP contribution is 2.29. The minimum Gasteiger partial charge on any atom is -0.350 e. The summed E-state index contributed by atoms with van der Waals surface area (Å²) < 4.78 is 11.9. The summed E-state index contributed by atoms with van der Waals surface area (Å²) in [5.41, 5.74) is 1.93. The molecule has 0 spiro atoms. The number of hydrogen-bond acceptors (Lipinski definition) is 6. The van der Waals surface area contributed by atoms with Crippen molar-refractivity contribution in [1.29, 1.82) is 0 Å². The fourth-order valence-corrected chi connectivity index (χ4v) is 7.88. The lowest BCUT2D eigenvalue weighted by Gasteiger charge is -2.25. The third-order valence-electron chi connectivity index (χ3n) is 6.81. The predicted octanol–water partition coefficient (Wildman–Crippen LogP) is 3.59. The zero-order valence-corrected chi connectivity index (χ0v) is 25.8. The van der Waals surface area contributed by atoms with Crippen LogP contribution in [0.25, 0.3) is 0 Å². The highest BCUT2D eigenvalue weighted by Gasteiger charge is 2.31. The van der Waals surface area contributed by atoms with Gasteiger partial charge in [-0.3, -0.25) is 19.2 Å². The van der Waals surface area contributed by atoms with Gasteiger partial charge in [0.15, 0.2) is 0 Å². The van der Waals surface area contributed by atoms with Crippen LogP contribution < -0.4 is 16.0 Å². The number of likely N-dealkylation sites (N-methyl/N-ethyl adjacent to an activating group) is 1. The van der Waals surface area contributed by atoms with Crippen molar-refractivity contribution in [2.75, 3.05) is 12.3 Å². The van der Waals surface area contributed by atoms with Gasteiger partial charge in [0.1, 0.15) is 12.1 Å². The maximum Gasteiger partial charge on any atom is 0.289 e. The summed E-state index contributed by atoms with van der Waals surface area (Å²) in [4.78, 5) is 51.3. The normalized spacial score (nSPS) is 18.8. The molecule has 0 aromatic heterocycles. The molecule has 39 heavy (non-hydrogen) atoms. The third-order valence-corrected chi connectivity index (χ3v) is 10.5. The van der Waals surface area contributed by atoms with Crippen molar-refractivity contribution in [3.63, 3.8) is 0 Å². The first-order chi connectivity index (χ1) is 18.3. The average Bonchev–Trinajstić information content (AvgIpc) is 3.28. The van der Waals surface area contributed by atoms with Gasteiger partial charge in [-0.1, -0.05) is 76.1 Å². The maximum absolute atomic E-state index is 13.3. The van der Waals surface area contributed by atoms with Gasteiger partial charge in [0, 0.05) is 30.4 Å². The van der Waals surface area contributed by atoms with Crippen molar-refractivity contribution in [3.8, 4) is 0 Å². The second kappa shape index (κ2) is 15.6. The van der Waals surface area contributed by atoms with E-state index in [9.17, 15) is 23.4 Å². The molecule has 218 valence electrons. The van der Waals surface area contributed by atoms with Crippen LogP contribution in [0.2, 0.25) is 0 Å². The van der Waals surface area contributed by atoms with E-state index in [1.165, 1.54) is 10.8 Å². The summed E-state index contributed by atoms with van der Waals surface area (Å²) in [6, 6.07) is 5.89. The smallest absolute Gasteiger partial charge is 0.289 e. The van der Waals surface area contributed by atoms with Crippen LogP contribution in [0, 0.1) is 5.92 Å². The Morgan fingerprint density at radius 1 is 1.05 bits per heavy atom. The summed E-state index contributed by atoms with van der Waals surface area (Å²) in [5, 5.41) is 8.28. The molecule has 2 rings (SSSR count). The summed E-state index contributed by atoms with van der Waals surface area (Å²) in [5.74, 6) is -1.50. The van der Waals surface area contributed by atoms with Crippen LogP contribution in [-0.4, -0.2) is 57.3 Å². The number of Topliss-reactive ketones (excluding diaryl/α,β-unsaturated/α-hetero) is 1. The SMILES string of the molecule is CCNC(=O)C(=O)[C@H](Cc1ccc(C(C)(C)C)cc1)NC(=O)[C@@H](NC(=O)CCCCC1CCSS1=O)C(C)C. The molecule has 1 fully saturated rings. The molecule has 10 heteroatoms. The van der Waals surface area contributed by atoms with Crippen molar-refractivity contribution in [3.05, 3.63) is 35.4 Å². The van der Waals surface area contributed by atoms with Crippen molar-refractivity contribution in [2.45, 2.75) is 103 Å². The van der Waals surface area contributed by atoms with Crippen molar-refractivity contribution in [2.24, 2.45) is 5.92 Å². The number of nitrogens with one attached hydrogen (secondary N) is 3. The molecule has 3 N–H and O–H groups in total. The number of benzene rings is 1. The highest BCUT2D eigenvalue weighted by molar-refractivity contribution is 8.69. The van der Waals surface area contributed by atoms with Crippen LogP contribution in [0.4, 0.5) is 0 Å². The van der Waals surface area contributed by atoms with E-state index in [1.807, 2.05) is 38.1 Å². The number of unbranched alkanes of at least 4 members (excludes halogenated alkanes) is 1. The second-order valence-electron chi connectivity index (χ2n) is 11.5. The van der Waals surface area contributed by atoms with E-state index in [0.29, 0.717) is 13.0 Å². The summed E-state index contributed by atoms with van der Waals surface area (Å²) in [6.07, 6.45) is 3.67. The first-order valence-corrected chi connectivity index (χ1v) is 16.6. The summed E-state index contributed by atoms with van der Waals surface area (Å²) >= 11 is 0. The van der Waals surface area contributed by atoms with Gasteiger partial charge in [-0.05, 0) is 48.6 Å². The summed E-state index contributed by atoms with van der Waals surface area (Å²) in [7, 11) is 0.673. The van der Waals surface area contributed by atoms with E-state index in [2.05, 4.69) is 36.7 Å². The lowest BCUT2D eigenvalue weighted by atomic mass is 9.86. The molecule has 1 heterocycles. The Hall–Kier alpha value is -2.20. The largest absolute Gasteiger partial charge is 0.350 e. The minimum absolute atomic E-state index is 0.0277. The molecule has 3 amide bonds.